The Morgan fingerprint density at radius 3 is 2.35 bits per heavy atom. The van der Waals surface area contributed by atoms with Gasteiger partial charge in [-0.15, -0.1) is 0 Å². The number of benzene rings is 2. The average Bonchev–Trinajstić information content (AvgIpc) is 2.41. The maximum atomic E-state index is 14.0. The first-order valence-corrected chi connectivity index (χ1v) is 6.40. The molecule has 0 spiro atoms. The van der Waals surface area contributed by atoms with Crippen LogP contribution in [-0.4, -0.2) is 7.05 Å². The van der Waals surface area contributed by atoms with Crippen LogP contribution in [0.1, 0.15) is 22.7 Å². The normalized spacial score (nSPS) is 12.5. The molecule has 0 aliphatic heterocycles. The minimum absolute atomic E-state index is 0.0862. The summed E-state index contributed by atoms with van der Waals surface area (Å²) >= 11 is 5.91. The Morgan fingerprint density at radius 1 is 1.00 bits per heavy atom. The summed E-state index contributed by atoms with van der Waals surface area (Å²) in [7, 11) is 1.57. The van der Waals surface area contributed by atoms with Crippen LogP contribution in [0.25, 0.3) is 0 Å². The van der Waals surface area contributed by atoms with Crippen molar-refractivity contribution >= 4 is 11.6 Å². The summed E-state index contributed by atoms with van der Waals surface area (Å²) in [6, 6.07) is 5.75. The highest BCUT2D eigenvalue weighted by molar-refractivity contribution is 6.31. The molecule has 2 rings (SSSR count). The van der Waals surface area contributed by atoms with E-state index in [4.69, 9.17) is 11.6 Å². The zero-order valence-corrected chi connectivity index (χ0v) is 11.7. The minimum Gasteiger partial charge on any atom is -0.309 e. The highest BCUT2D eigenvalue weighted by atomic mass is 35.5. The number of rotatable bonds is 3. The quantitative estimate of drug-likeness (QED) is 0.887. The first kappa shape index (κ1) is 14.9. The Balaban J connectivity index is 2.58. The predicted molar refractivity (Wildman–Crippen MR) is 73.4 cm³/mol. The zero-order chi connectivity index (χ0) is 14.9. The van der Waals surface area contributed by atoms with Gasteiger partial charge in [0.15, 0.2) is 0 Å². The lowest BCUT2D eigenvalue weighted by molar-refractivity contribution is 0.551. The average molecular weight is 300 g/mol. The number of halogens is 4. The fraction of sp³-hybridized carbons (Fsp3) is 0.200. The van der Waals surface area contributed by atoms with E-state index in [2.05, 4.69) is 5.32 Å². The van der Waals surface area contributed by atoms with Crippen LogP contribution >= 0.6 is 11.6 Å². The van der Waals surface area contributed by atoms with E-state index >= 15 is 0 Å². The van der Waals surface area contributed by atoms with Gasteiger partial charge in [-0.05, 0) is 43.3 Å². The van der Waals surface area contributed by atoms with Crippen molar-refractivity contribution in [1.82, 2.24) is 5.32 Å². The number of hydrogen-bond acceptors (Lipinski definition) is 1. The van der Waals surface area contributed by atoms with E-state index in [1.54, 1.807) is 13.1 Å². The van der Waals surface area contributed by atoms with Crippen molar-refractivity contribution in [1.29, 1.82) is 0 Å². The molecule has 1 unspecified atom stereocenters. The van der Waals surface area contributed by atoms with Crippen LogP contribution < -0.4 is 5.32 Å². The van der Waals surface area contributed by atoms with Crippen LogP contribution in [0, 0.1) is 24.4 Å². The Bertz CT molecular complexity index is 643. The molecule has 0 fully saturated rings. The van der Waals surface area contributed by atoms with Crippen LogP contribution in [0.15, 0.2) is 30.3 Å². The zero-order valence-electron chi connectivity index (χ0n) is 11.0. The monoisotopic (exact) mass is 299 g/mol. The van der Waals surface area contributed by atoms with Crippen LogP contribution in [0.5, 0.6) is 0 Å². The summed E-state index contributed by atoms with van der Waals surface area (Å²) in [6.07, 6.45) is 0. The van der Waals surface area contributed by atoms with Crippen molar-refractivity contribution < 1.29 is 13.2 Å². The summed E-state index contributed by atoms with van der Waals surface area (Å²) in [4.78, 5) is 0. The molecule has 20 heavy (non-hydrogen) atoms. The molecule has 2 aromatic rings. The molecule has 0 aliphatic rings. The first-order valence-electron chi connectivity index (χ1n) is 6.02. The van der Waals surface area contributed by atoms with E-state index in [0.29, 0.717) is 5.56 Å². The molecule has 0 saturated carbocycles. The Hall–Kier alpha value is -1.52. The van der Waals surface area contributed by atoms with E-state index in [1.165, 1.54) is 19.1 Å². The van der Waals surface area contributed by atoms with E-state index in [0.717, 1.165) is 12.1 Å². The summed E-state index contributed by atoms with van der Waals surface area (Å²) in [6.45, 7) is 1.48. The molecule has 106 valence electrons. The number of nitrogens with one attached hydrogen (secondary N) is 1. The largest absolute Gasteiger partial charge is 0.309 e. The highest BCUT2D eigenvalue weighted by Crippen LogP contribution is 2.32. The van der Waals surface area contributed by atoms with Gasteiger partial charge < -0.3 is 5.32 Å². The molecular weight excluding hydrogens is 287 g/mol. The van der Waals surface area contributed by atoms with Crippen molar-refractivity contribution in [3.8, 4) is 0 Å². The molecule has 1 atom stereocenters. The lowest BCUT2D eigenvalue weighted by Crippen LogP contribution is -2.20. The summed E-state index contributed by atoms with van der Waals surface area (Å²) < 4.78 is 41.2. The second-order valence-corrected chi connectivity index (χ2v) is 4.87. The Kier molecular flexibility index (Phi) is 4.35. The molecule has 0 amide bonds. The van der Waals surface area contributed by atoms with Gasteiger partial charge in [0.05, 0.1) is 11.1 Å². The van der Waals surface area contributed by atoms with E-state index in [-0.39, 0.29) is 16.1 Å². The lowest BCUT2D eigenvalue weighted by atomic mass is 9.97. The SMILES string of the molecule is CNC(c1cc(F)c(C)cc1F)c1cccc(F)c1Cl. The Morgan fingerprint density at radius 2 is 1.70 bits per heavy atom. The molecule has 2 aromatic carbocycles. The molecule has 0 heterocycles. The van der Waals surface area contributed by atoms with Gasteiger partial charge in [0.1, 0.15) is 17.5 Å². The van der Waals surface area contributed by atoms with Gasteiger partial charge in [-0.1, -0.05) is 23.7 Å². The fourth-order valence-corrected chi connectivity index (χ4v) is 2.34. The third-order valence-corrected chi connectivity index (χ3v) is 3.57. The van der Waals surface area contributed by atoms with Crippen molar-refractivity contribution in [2.75, 3.05) is 7.05 Å². The summed E-state index contributed by atoms with van der Waals surface area (Å²) in [5, 5.41) is 2.73. The third kappa shape index (κ3) is 2.67. The van der Waals surface area contributed by atoms with Gasteiger partial charge >= 0.3 is 0 Å². The van der Waals surface area contributed by atoms with Crippen molar-refractivity contribution in [3.63, 3.8) is 0 Å². The molecule has 0 radical (unpaired) electrons. The lowest BCUT2D eigenvalue weighted by Gasteiger charge is -2.20. The molecule has 1 nitrogen and oxygen atoms in total. The molecule has 1 N–H and O–H groups in total. The van der Waals surface area contributed by atoms with Gasteiger partial charge in [-0.3, -0.25) is 0 Å². The van der Waals surface area contributed by atoms with Crippen LogP contribution in [0.4, 0.5) is 13.2 Å². The first-order chi connectivity index (χ1) is 9.45. The Labute approximate surface area is 120 Å². The van der Waals surface area contributed by atoms with Crippen LogP contribution in [0.3, 0.4) is 0 Å². The molecule has 0 aliphatic carbocycles. The van der Waals surface area contributed by atoms with E-state index < -0.39 is 23.5 Å². The molecule has 5 heteroatoms. The maximum absolute atomic E-state index is 14.0. The van der Waals surface area contributed by atoms with Crippen LogP contribution in [-0.2, 0) is 0 Å². The van der Waals surface area contributed by atoms with E-state index in [1.807, 2.05) is 0 Å². The second kappa shape index (κ2) is 5.85. The van der Waals surface area contributed by atoms with Gasteiger partial charge in [-0.25, -0.2) is 13.2 Å². The maximum Gasteiger partial charge on any atom is 0.142 e. The van der Waals surface area contributed by atoms with Crippen LogP contribution in [0.2, 0.25) is 5.02 Å². The molecule has 0 saturated heterocycles. The van der Waals surface area contributed by atoms with E-state index in [9.17, 15) is 13.2 Å². The smallest absolute Gasteiger partial charge is 0.142 e. The van der Waals surface area contributed by atoms with Gasteiger partial charge in [0.2, 0.25) is 0 Å². The van der Waals surface area contributed by atoms with Gasteiger partial charge in [-0.2, -0.15) is 0 Å². The summed E-state index contributed by atoms with van der Waals surface area (Å²) in [5.41, 5.74) is 0.658. The fourth-order valence-electron chi connectivity index (χ4n) is 2.10. The highest BCUT2D eigenvalue weighted by Gasteiger charge is 2.21. The van der Waals surface area contributed by atoms with Crippen molar-refractivity contribution in [3.05, 3.63) is 69.5 Å². The number of aryl methyl sites for hydroxylation is 1. The van der Waals surface area contributed by atoms with Crippen molar-refractivity contribution in [2.45, 2.75) is 13.0 Å². The van der Waals surface area contributed by atoms with Crippen molar-refractivity contribution in [2.24, 2.45) is 0 Å². The standard InChI is InChI=1S/C15H13ClF3N/c1-8-6-13(19)10(7-12(8)18)15(20-2)9-4-3-5-11(17)14(9)16/h3-7,15,20H,1-2H3. The predicted octanol–water partition coefficient (Wildman–Crippen LogP) is 4.37. The van der Waals surface area contributed by atoms with Gasteiger partial charge in [0.25, 0.3) is 0 Å². The number of hydrogen-bond donors (Lipinski definition) is 1. The molecular formula is C15H13ClF3N. The minimum atomic E-state index is -0.728. The van der Waals surface area contributed by atoms with Gasteiger partial charge in [0, 0.05) is 5.56 Å². The second-order valence-electron chi connectivity index (χ2n) is 4.49. The molecule has 0 aromatic heterocycles. The molecule has 0 bridgehead atoms. The third-order valence-electron chi connectivity index (χ3n) is 3.17. The topological polar surface area (TPSA) is 12.0 Å². The summed E-state index contributed by atoms with van der Waals surface area (Å²) in [5.74, 6) is -1.69.